The lowest BCUT2D eigenvalue weighted by molar-refractivity contribution is 0.559. The molecule has 0 saturated heterocycles. The van der Waals surface area contributed by atoms with Crippen LogP contribution in [0.2, 0.25) is 19.6 Å². The second-order valence-electron chi connectivity index (χ2n) is 4.94. The van der Waals surface area contributed by atoms with Crippen molar-refractivity contribution < 1.29 is 4.43 Å². The van der Waals surface area contributed by atoms with Crippen LogP contribution in [0, 0.1) is 0 Å². The summed E-state index contributed by atoms with van der Waals surface area (Å²) in [7, 11) is -1.65. The van der Waals surface area contributed by atoms with Gasteiger partial charge >= 0.3 is 0 Å². The summed E-state index contributed by atoms with van der Waals surface area (Å²) < 4.78 is 5.99. The normalized spacial score (nSPS) is 11.7. The maximum atomic E-state index is 5.99. The molecule has 0 unspecified atom stereocenters. The van der Waals surface area contributed by atoms with E-state index in [0.717, 1.165) is 11.4 Å². The molecule has 0 aliphatic carbocycles. The first-order chi connectivity index (χ1) is 9.04. The summed E-state index contributed by atoms with van der Waals surface area (Å²) in [5.74, 6) is 1.32. The van der Waals surface area contributed by atoms with Crippen LogP contribution in [0.4, 0.5) is 5.69 Å². The van der Waals surface area contributed by atoms with Gasteiger partial charge in [0, 0.05) is 0 Å². The van der Waals surface area contributed by atoms with Gasteiger partial charge in [0.15, 0.2) is 5.82 Å². The smallest absolute Gasteiger partial charge is 0.242 e. The quantitative estimate of drug-likeness (QED) is 0.634. The van der Waals surface area contributed by atoms with Gasteiger partial charge in [-0.1, -0.05) is 12.1 Å². The van der Waals surface area contributed by atoms with E-state index >= 15 is 0 Å². The van der Waals surface area contributed by atoms with Gasteiger partial charge < -0.3 is 4.43 Å². The summed E-state index contributed by atoms with van der Waals surface area (Å²) in [6.07, 6.45) is 4.49. The molecule has 98 valence electrons. The highest BCUT2D eigenvalue weighted by Crippen LogP contribution is 2.28. The van der Waals surface area contributed by atoms with Crippen molar-refractivity contribution in [2.24, 2.45) is 4.99 Å². The molecule has 1 aromatic carbocycles. The Bertz CT molecular complexity index is 566. The topological polar surface area (TPSA) is 60.3 Å². The maximum Gasteiger partial charge on any atom is 0.242 e. The summed E-state index contributed by atoms with van der Waals surface area (Å²) in [6, 6.07) is 7.71. The lowest BCUT2D eigenvalue weighted by Crippen LogP contribution is -2.29. The van der Waals surface area contributed by atoms with E-state index in [0.29, 0.717) is 5.82 Å². The molecule has 0 amide bonds. The third kappa shape index (κ3) is 4.25. The van der Waals surface area contributed by atoms with Gasteiger partial charge in [0.05, 0.1) is 6.21 Å². The second kappa shape index (κ2) is 5.70. The maximum absolute atomic E-state index is 5.99. The minimum absolute atomic E-state index is 0.526. The lowest BCUT2D eigenvalue weighted by atomic mass is 10.3. The van der Waals surface area contributed by atoms with Crippen molar-refractivity contribution in [2.75, 3.05) is 0 Å². The molecule has 5 nitrogen and oxygen atoms in total. The van der Waals surface area contributed by atoms with Crippen LogP contribution in [0.5, 0.6) is 5.75 Å². The Morgan fingerprint density at radius 3 is 2.47 bits per heavy atom. The summed E-state index contributed by atoms with van der Waals surface area (Å²) in [5.41, 5.74) is 0.783. The number of para-hydroxylation sites is 2. The molecule has 0 aliphatic rings. The van der Waals surface area contributed by atoms with Crippen molar-refractivity contribution in [3.8, 4) is 5.75 Å². The van der Waals surface area contributed by atoms with Gasteiger partial charge in [0.2, 0.25) is 8.32 Å². The third-order valence-corrected chi connectivity index (χ3v) is 2.95. The second-order valence-corrected chi connectivity index (χ2v) is 9.37. The Labute approximate surface area is 113 Å². The molecule has 0 radical (unpaired) electrons. The molecule has 1 aromatic heterocycles. The van der Waals surface area contributed by atoms with Crippen molar-refractivity contribution in [3.05, 3.63) is 42.7 Å². The van der Waals surface area contributed by atoms with E-state index in [2.05, 4.69) is 39.6 Å². The molecular weight excluding hydrogens is 256 g/mol. The molecule has 19 heavy (non-hydrogen) atoms. The highest BCUT2D eigenvalue weighted by molar-refractivity contribution is 6.70. The Kier molecular flexibility index (Phi) is 4.01. The Hall–Kier alpha value is -2.08. The van der Waals surface area contributed by atoms with Gasteiger partial charge in [-0.2, -0.15) is 0 Å². The van der Waals surface area contributed by atoms with Crippen molar-refractivity contribution in [3.63, 3.8) is 0 Å². The zero-order chi connectivity index (χ0) is 13.7. The Balaban J connectivity index is 2.23. The number of benzene rings is 1. The van der Waals surface area contributed by atoms with E-state index in [9.17, 15) is 0 Å². The fraction of sp³-hybridized carbons (Fsp3) is 0.231. The standard InChI is InChI=1S/C13H16N4OSi/c1-19(2,3)18-12-7-5-4-6-11(12)15-8-13-16-9-14-10-17-13/h4-10H,1-3H3. The van der Waals surface area contributed by atoms with Crippen LogP contribution in [0.3, 0.4) is 0 Å². The average molecular weight is 272 g/mol. The summed E-state index contributed by atoms with van der Waals surface area (Å²) >= 11 is 0. The molecule has 0 bridgehead atoms. The number of aromatic nitrogens is 3. The van der Waals surface area contributed by atoms with Crippen LogP contribution in [0.15, 0.2) is 41.9 Å². The fourth-order valence-electron chi connectivity index (χ4n) is 1.42. The summed E-state index contributed by atoms with van der Waals surface area (Å²) in [4.78, 5) is 16.1. The number of rotatable bonds is 4. The first-order valence-electron chi connectivity index (χ1n) is 5.99. The van der Waals surface area contributed by atoms with E-state index in [1.807, 2.05) is 24.3 Å². The zero-order valence-corrected chi connectivity index (χ0v) is 12.2. The first-order valence-corrected chi connectivity index (χ1v) is 9.39. The molecule has 6 heteroatoms. The van der Waals surface area contributed by atoms with E-state index in [4.69, 9.17) is 4.43 Å². The summed E-state index contributed by atoms with van der Waals surface area (Å²) in [5, 5.41) is 0. The van der Waals surface area contributed by atoms with Gasteiger partial charge in [-0.05, 0) is 31.8 Å². The van der Waals surface area contributed by atoms with Crippen LogP contribution >= 0.6 is 0 Å². The first kappa shape index (κ1) is 13.4. The molecule has 1 heterocycles. The van der Waals surface area contributed by atoms with Gasteiger partial charge in [-0.25, -0.2) is 19.9 Å². The predicted molar refractivity (Wildman–Crippen MR) is 77.5 cm³/mol. The van der Waals surface area contributed by atoms with Gasteiger partial charge in [-0.3, -0.25) is 0 Å². The van der Waals surface area contributed by atoms with Gasteiger partial charge in [-0.15, -0.1) is 0 Å². The van der Waals surface area contributed by atoms with Gasteiger partial charge in [0.1, 0.15) is 24.1 Å². The van der Waals surface area contributed by atoms with E-state index < -0.39 is 8.32 Å². The Morgan fingerprint density at radius 1 is 1.11 bits per heavy atom. The summed E-state index contributed by atoms with van der Waals surface area (Å²) in [6.45, 7) is 6.42. The number of aliphatic imine (C=N–C) groups is 1. The fourth-order valence-corrected chi connectivity index (χ4v) is 2.25. The van der Waals surface area contributed by atoms with Crippen LogP contribution in [0.1, 0.15) is 5.82 Å². The van der Waals surface area contributed by atoms with Crippen molar-refractivity contribution in [2.45, 2.75) is 19.6 Å². The molecule has 0 aliphatic heterocycles. The molecule has 0 fully saturated rings. The molecule has 0 atom stereocenters. The monoisotopic (exact) mass is 272 g/mol. The minimum atomic E-state index is -1.65. The molecule has 2 aromatic rings. The highest BCUT2D eigenvalue weighted by Gasteiger charge is 2.17. The van der Waals surface area contributed by atoms with Crippen LogP contribution in [0.25, 0.3) is 0 Å². The number of nitrogens with zero attached hydrogens (tertiary/aromatic N) is 4. The van der Waals surface area contributed by atoms with Crippen LogP contribution in [-0.2, 0) is 0 Å². The molecule has 0 spiro atoms. The number of hydrogen-bond donors (Lipinski definition) is 0. The highest BCUT2D eigenvalue weighted by atomic mass is 28.4. The lowest BCUT2D eigenvalue weighted by Gasteiger charge is -2.20. The molecule has 2 rings (SSSR count). The molecular formula is C13H16N4OSi. The SMILES string of the molecule is C[Si](C)(C)Oc1ccccc1N=Cc1ncncn1. The largest absolute Gasteiger partial charge is 0.543 e. The van der Waals surface area contributed by atoms with E-state index in [1.165, 1.54) is 12.7 Å². The Morgan fingerprint density at radius 2 is 1.79 bits per heavy atom. The average Bonchev–Trinajstić information content (AvgIpc) is 2.37. The van der Waals surface area contributed by atoms with E-state index in [-0.39, 0.29) is 0 Å². The zero-order valence-electron chi connectivity index (χ0n) is 11.2. The molecule has 0 N–H and O–H groups in total. The van der Waals surface area contributed by atoms with Crippen molar-refractivity contribution in [1.29, 1.82) is 0 Å². The number of hydrogen-bond acceptors (Lipinski definition) is 5. The van der Waals surface area contributed by atoms with Gasteiger partial charge in [0.25, 0.3) is 0 Å². The minimum Gasteiger partial charge on any atom is -0.543 e. The van der Waals surface area contributed by atoms with Crippen LogP contribution in [-0.4, -0.2) is 29.5 Å². The van der Waals surface area contributed by atoms with Crippen molar-refractivity contribution >= 4 is 20.2 Å². The predicted octanol–water partition coefficient (Wildman–Crippen LogP) is 2.84. The van der Waals surface area contributed by atoms with E-state index in [1.54, 1.807) is 6.21 Å². The van der Waals surface area contributed by atoms with Crippen molar-refractivity contribution in [1.82, 2.24) is 15.0 Å². The van der Waals surface area contributed by atoms with Crippen LogP contribution < -0.4 is 4.43 Å². The third-order valence-electron chi connectivity index (χ3n) is 2.11. The molecule has 0 saturated carbocycles.